The molecule has 0 heterocycles. The van der Waals surface area contributed by atoms with Crippen LogP contribution in [0.5, 0.6) is 0 Å². The molecule has 0 aliphatic carbocycles. The van der Waals surface area contributed by atoms with Crippen LogP contribution in [0.25, 0.3) is 10.8 Å². The summed E-state index contributed by atoms with van der Waals surface area (Å²) in [4.78, 5) is 25.2. The third-order valence-corrected chi connectivity index (χ3v) is 6.37. The molecule has 172 valence electrons. The number of anilines is 2. The highest BCUT2D eigenvalue weighted by Crippen LogP contribution is 2.30. The quantitative estimate of drug-likeness (QED) is 0.272. The van der Waals surface area contributed by atoms with Gasteiger partial charge in [-0.1, -0.05) is 83.9 Å². The standard InChI is InChI=1S/C28H24Cl2N2O2/c29-23-11-3-1-7-19(23)15-17-27(33)31-25-13-5-10-22-21(25)9-6-14-26(22)32-28(34)18-16-20-8-2-4-12-24(20)30/h1-14H,15-18H2,(H,31,33)(H,32,34). The predicted molar refractivity (Wildman–Crippen MR) is 141 cm³/mol. The fourth-order valence-corrected chi connectivity index (χ4v) is 4.31. The van der Waals surface area contributed by atoms with Crippen molar-refractivity contribution in [1.29, 1.82) is 0 Å². The molecule has 0 spiro atoms. The summed E-state index contributed by atoms with van der Waals surface area (Å²) in [7, 11) is 0. The normalized spacial score (nSPS) is 10.8. The van der Waals surface area contributed by atoms with Gasteiger partial charge in [-0.15, -0.1) is 0 Å². The summed E-state index contributed by atoms with van der Waals surface area (Å²) < 4.78 is 0. The third-order valence-electron chi connectivity index (χ3n) is 5.63. The van der Waals surface area contributed by atoms with Crippen molar-refractivity contribution in [2.24, 2.45) is 0 Å². The molecule has 0 radical (unpaired) electrons. The number of halogens is 2. The van der Waals surface area contributed by atoms with Gasteiger partial charge in [0, 0.05) is 45.0 Å². The van der Waals surface area contributed by atoms with E-state index in [1.807, 2.05) is 84.9 Å². The number of hydrogen-bond donors (Lipinski definition) is 2. The molecule has 0 saturated carbocycles. The summed E-state index contributed by atoms with van der Waals surface area (Å²) in [5, 5.41) is 9.04. The van der Waals surface area contributed by atoms with Crippen LogP contribution in [0.3, 0.4) is 0 Å². The van der Waals surface area contributed by atoms with Gasteiger partial charge in [0.05, 0.1) is 0 Å². The highest BCUT2D eigenvalue weighted by Gasteiger charge is 2.11. The van der Waals surface area contributed by atoms with Gasteiger partial charge in [-0.2, -0.15) is 0 Å². The second kappa shape index (κ2) is 11.2. The van der Waals surface area contributed by atoms with Crippen LogP contribution in [0, 0.1) is 0 Å². The van der Waals surface area contributed by atoms with Crippen molar-refractivity contribution >= 4 is 57.2 Å². The average Bonchev–Trinajstić information content (AvgIpc) is 2.84. The molecule has 4 aromatic carbocycles. The van der Waals surface area contributed by atoms with Crippen molar-refractivity contribution < 1.29 is 9.59 Å². The van der Waals surface area contributed by atoms with E-state index < -0.39 is 0 Å². The van der Waals surface area contributed by atoms with Gasteiger partial charge in [-0.3, -0.25) is 9.59 Å². The molecule has 0 aliphatic heterocycles. The number of hydrogen-bond acceptors (Lipinski definition) is 2. The van der Waals surface area contributed by atoms with Gasteiger partial charge in [0.2, 0.25) is 11.8 Å². The highest BCUT2D eigenvalue weighted by atomic mass is 35.5. The zero-order valence-corrected chi connectivity index (χ0v) is 20.0. The summed E-state index contributed by atoms with van der Waals surface area (Å²) in [6, 6.07) is 26.4. The number of aryl methyl sites for hydroxylation is 2. The van der Waals surface area contributed by atoms with E-state index in [9.17, 15) is 9.59 Å². The minimum Gasteiger partial charge on any atom is -0.326 e. The Morgan fingerprint density at radius 1 is 0.559 bits per heavy atom. The molecule has 2 amide bonds. The largest absolute Gasteiger partial charge is 0.326 e. The van der Waals surface area contributed by atoms with Gasteiger partial charge < -0.3 is 10.6 Å². The molecule has 4 rings (SSSR count). The van der Waals surface area contributed by atoms with Gasteiger partial charge in [0.25, 0.3) is 0 Å². The predicted octanol–water partition coefficient (Wildman–Crippen LogP) is 7.29. The number of carbonyl (C=O) groups excluding carboxylic acids is 2. The first-order valence-corrected chi connectivity index (χ1v) is 11.8. The number of benzene rings is 4. The number of nitrogens with one attached hydrogen (secondary N) is 2. The maximum Gasteiger partial charge on any atom is 0.224 e. The molecule has 6 heteroatoms. The van der Waals surface area contributed by atoms with Gasteiger partial charge in [-0.05, 0) is 48.2 Å². The van der Waals surface area contributed by atoms with Crippen LogP contribution >= 0.6 is 23.2 Å². The lowest BCUT2D eigenvalue weighted by molar-refractivity contribution is -0.117. The summed E-state index contributed by atoms with van der Waals surface area (Å²) >= 11 is 12.4. The van der Waals surface area contributed by atoms with Crippen LogP contribution < -0.4 is 10.6 Å². The van der Waals surface area contributed by atoms with Crippen molar-refractivity contribution in [2.75, 3.05) is 10.6 Å². The van der Waals surface area contributed by atoms with Crippen LogP contribution in [0.15, 0.2) is 84.9 Å². The maximum atomic E-state index is 12.6. The Morgan fingerprint density at radius 2 is 0.971 bits per heavy atom. The Hall–Kier alpha value is -3.34. The van der Waals surface area contributed by atoms with E-state index in [-0.39, 0.29) is 11.8 Å². The Labute approximate surface area is 208 Å². The lowest BCUT2D eigenvalue weighted by Gasteiger charge is -2.13. The fourth-order valence-electron chi connectivity index (χ4n) is 3.85. The summed E-state index contributed by atoms with van der Waals surface area (Å²) in [6.07, 6.45) is 1.75. The first kappa shape index (κ1) is 23.8. The molecule has 0 atom stereocenters. The van der Waals surface area contributed by atoms with E-state index in [2.05, 4.69) is 10.6 Å². The summed E-state index contributed by atoms with van der Waals surface area (Å²) in [6.45, 7) is 0. The third kappa shape index (κ3) is 5.96. The van der Waals surface area contributed by atoms with E-state index in [0.717, 1.165) is 21.9 Å². The molecule has 0 fully saturated rings. The van der Waals surface area contributed by atoms with E-state index in [1.165, 1.54) is 0 Å². The van der Waals surface area contributed by atoms with Crippen molar-refractivity contribution in [2.45, 2.75) is 25.7 Å². The molecule has 34 heavy (non-hydrogen) atoms. The second-order valence-electron chi connectivity index (χ2n) is 7.99. The van der Waals surface area contributed by atoms with E-state index in [4.69, 9.17) is 23.2 Å². The highest BCUT2D eigenvalue weighted by molar-refractivity contribution is 6.31. The van der Waals surface area contributed by atoms with Crippen molar-refractivity contribution in [1.82, 2.24) is 0 Å². The minimum atomic E-state index is -0.0957. The van der Waals surface area contributed by atoms with Crippen molar-refractivity contribution in [3.8, 4) is 0 Å². The Balaban J connectivity index is 1.43. The van der Waals surface area contributed by atoms with Gasteiger partial charge >= 0.3 is 0 Å². The molecular weight excluding hydrogens is 467 g/mol. The van der Waals surface area contributed by atoms with Crippen LogP contribution in [-0.4, -0.2) is 11.8 Å². The Morgan fingerprint density at radius 3 is 1.38 bits per heavy atom. The number of fused-ring (bicyclic) bond motifs is 1. The summed E-state index contributed by atoms with van der Waals surface area (Å²) in [5.74, 6) is -0.191. The molecule has 4 nitrogen and oxygen atoms in total. The molecule has 2 N–H and O–H groups in total. The minimum absolute atomic E-state index is 0.0957. The Bertz CT molecular complexity index is 1230. The smallest absolute Gasteiger partial charge is 0.224 e. The first-order chi connectivity index (χ1) is 16.5. The van der Waals surface area contributed by atoms with E-state index in [0.29, 0.717) is 47.1 Å². The molecule has 0 saturated heterocycles. The summed E-state index contributed by atoms with van der Waals surface area (Å²) in [5.41, 5.74) is 3.29. The van der Waals surface area contributed by atoms with Crippen LogP contribution in [-0.2, 0) is 22.4 Å². The van der Waals surface area contributed by atoms with Crippen molar-refractivity contribution in [3.05, 3.63) is 106 Å². The van der Waals surface area contributed by atoms with Gasteiger partial charge in [-0.25, -0.2) is 0 Å². The van der Waals surface area contributed by atoms with Crippen molar-refractivity contribution in [3.63, 3.8) is 0 Å². The number of amides is 2. The lowest BCUT2D eigenvalue weighted by atomic mass is 10.1. The van der Waals surface area contributed by atoms with E-state index in [1.54, 1.807) is 0 Å². The molecular formula is C28H24Cl2N2O2. The lowest BCUT2D eigenvalue weighted by Crippen LogP contribution is -2.14. The van der Waals surface area contributed by atoms with Gasteiger partial charge in [0.1, 0.15) is 0 Å². The average molecular weight is 491 g/mol. The molecule has 0 aliphatic rings. The first-order valence-electron chi connectivity index (χ1n) is 11.1. The zero-order valence-electron chi connectivity index (χ0n) is 18.5. The van der Waals surface area contributed by atoms with E-state index >= 15 is 0 Å². The monoisotopic (exact) mass is 490 g/mol. The number of carbonyl (C=O) groups is 2. The SMILES string of the molecule is O=C(CCc1ccccc1Cl)Nc1cccc2c(NC(=O)CCc3ccccc3Cl)cccc12. The maximum absolute atomic E-state index is 12.6. The topological polar surface area (TPSA) is 58.2 Å². The van der Waals surface area contributed by atoms with Crippen LogP contribution in [0.1, 0.15) is 24.0 Å². The zero-order chi connectivity index (χ0) is 23.9. The molecule has 0 unspecified atom stereocenters. The molecule has 4 aromatic rings. The van der Waals surface area contributed by atoms with Crippen LogP contribution in [0.4, 0.5) is 11.4 Å². The molecule has 0 aromatic heterocycles. The number of rotatable bonds is 8. The van der Waals surface area contributed by atoms with Gasteiger partial charge in [0.15, 0.2) is 0 Å². The van der Waals surface area contributed by atoms with Crippen LogP contribution in [0.2, 0.25) is 10.0 Å². The molecule has 0 bridgehead atoms. The Kier molecular flexibility index (Phi) is 7.84. The fraction of sp³-hybridized carbons (Fsp3) is 0.143. The second-order valence-corrected chi connectivity index (χ2v) is 8.80.